The van der Waals surface area contributed by atoms with Crippen LogP contribution in [-0.2, 0) is 54.3 Å². The van der Waals surface area contributed by atoms with Gasteiger partial charge in [0, 0.05) is 68.1 Å². The van der Waals surface area contributed by atoms with E-state index in [1.807, 2.05) is 13.8 Å². The van der Waals surface area contributed by atoms with Crippen molar-refractivity contribution in [1.29, 1.82) is 0 Å². The van der Waals surface area contributed by atoms with Crippen molar-refractivity contribution in [3.05, 3.63) is 147 Å². The molecule has 7 amide bonds. The van der Waals surface area contributed by atoms with E-state index in [2.05, 4.69) is 31.9 Å². The van der Waals surface area contributed by atoms with Crippen molar-refractivity contribution >= 4 is 81.8 Å². The van der Waals surface area contributed by atoms with Crippen LogP contribution in [0.5, 0.6) is 46.0 Å². The van der Waals surface area contributed by atoms with E-state index in [1.165, 1.54) is 48.5 Å². The van der Waals surface area contributed by atoms with Crippen LogP contribution in [0.1, 0.15) is 155 Å². The van der Waals surface area contributed by atoms with E-state index in [-0.39, 0.29) is 103 Å². The number of anilines is 1. The van der Waals surface area contributed by atoms with Crippen LogP contribution in [0, 0.1) is 47.3 Å². The number of methoxy groups -OCH3 is 1. The highest BCUT2D eigenvalue weighted by Crippen LogP contribution is 2.58. The Labute approximate surface area is 665 Å². The van der Waals surface area contributed by atoms with Gasteiger partial charge in [-0.1, -0.05) is 74.3 Å². The molecule has 4 aliphatic carbocycles. The fourth-order valence-corrected chi connectivity index (χ4v) is 18.0. The summed E-state index contributed by atoms with van der Waals surface area (Å²) in [7, 11) is 1.54. The maximum atomic E-state index is 16.5. The molecule has 6 heterocycles. The summed E-state index contributed by atoms with van der Waals surface area (Å²) in [6, 6.07) is 12.8. The SMILES string of the molecule is CC[C@H](CC(C)C)C(=O)N[C@H]1C(=O)C[C@@H](CC(=O)NC(=O)Nc2ccc(CCOC)cc2)C(=O)N[C@H]2C(=O)C[C@H]3C(=O)N[C@H](C(=O)N[C@H](C(=O)CC4C5CC6CC(C5)CC4C6)c4cc(O)cc(O)c4-c4cc3ccc4O)[C@H](O)c3ccc(c(Cl)c3)Oc3cc2cc(c3O[C@@H]2O[C@H](CN)[C@@H](O)[C@H](O)[C@H]2O)Oc2ccc(cc2Cl)[C@H]1O. The Morgan fingerprint density at radius 3 is 1.91 bits per heavy atom. The van der Waals surface area contributed by atoms with Gasteiger partial charge in [-0.2, -0.15) is 0 Å². The second kappa shape index (κ2) is 34.7. The summed E-state index contributed by atoms with van der Waals surface area (Å²) >= 11 is 14.3. The fraction of sp³-hybridized carbons (Fsp3) is 0.458. The zero-order chi connectivity index (χ0) is 81.4. The number of phenolic OH excluding ortho intramolecular Hbond substituents is 3. The van der Waals surface area contributed by atoms with Crippen LogP contribution >= 0.6 is 23.2 Å². The summed E-state index contributed by atoms with van der Waals surface area (Å²) < 4.78 is 31.0. The van der Waals surface area contributed by atoms with Gasteiger partial charge < -0.3 is 96.9 Å². The second-order valence-corrected chi connectivity index (χ2v) is 32.3. The van der Waals surface area contributed by atoms with Crippen molar-refractivity contribution < 1.29 is 108 Å². The summed E-state index contributed by atoms with van der Waals surface area (Å²) in [5, 5.41) is 110. The maximum absolute atomic E-state index is 16.5. The van der Waals surface area contributed by atoms with E-state index in [1.54, 1.807) is 38.3 Å². The number of fused-ring (bicyclic) bond motifs is 15. The minimum Gasteiger partial charge on any atom is -0.508 e. The van der Waals surface area contributed by atoms with Crippen LogP contribution in [0.15, 0.2) is 103 Å². The Hall–Kier alpha value is -9.79. The Balaban J connectivity index is 0.991. The van der Waals surface area contributed by atoms with Crippen LogP contribution in [0.25, 0.3) is 11.1 Å². The molecule has 114 heavy (non-hydrogen) atoms. The summed E-state index contributed by atoms with van der Waals surface area (Å²) in [6.07, 6.45) is -10.6. The monoisotopic (exact) mass is 1610 g/mol. The van der Waals surface area contributed by atoms with Crippen LogP contribution in [0.4, 0.5) is 10.5 Å². The number of benzene rings is 6. The quantitative estimate of drug-likeness (QED) is 0.0408. The number of ketones is 3. The van der Waals surface area contributed by atoms with Gasteiger partial charge in [0.2, 0.25) is 41.6 Å². The number of hydrogen-bond donors (Lipinski definition) is 15. The van der Waals surface area contributed by atoms with Crippen LogP contribution < -0.4 is 51.8 Å². The number of rotatable bonds is 17. The van der Waals surface area contributed by atoms with Gasteiger partial charge in [0.15, 0.2) is 28.8 Å². The van der Waals surface area contributed by atoms with Gasteiger partial charge in [-0.3, -0.25) is 43.7 Å². The first-order valence-electron chi connectivity index (χ1n) is 38.4. The maximum Gasteiger partial charge on any atom is 0.325 e. The normalized spacial score (nSPS) is 28.2. The summed E-state index contributed by atoms with van der Waals surface area (Å²) in [6.45, 7) is 5.48. The van der Waals surface area contributed by atoms with E-state index in [0.29, 0.717) is 31.3 Å². The first-order valence-corrected chi connectivity index (χ1v) is 39.1. The topological polar surface area (TPSA) is 460 Å². The molecule has 0 unspecified atom stereocenters. The van der Waals surface area contributed by atoms with Crippen molar-refractivity contribution in [3.63, 3.8) is 0 Å². The van der Waals surface area contributed by atoms with Crippen molar-refractivity contribution in [2.45, 2.75) is 171 Å². The van der Waals surface area contributed by atoms with E-state index in [0.717, 1.165) is 68.0 Å². The van der Waals surface area contributed by atoms with E-state index >= 15 is 28.8 Å². The van der Waals surface area contributed by atoms with Crippen LogP contribution in [-0.4, -0.2) is 157 Å². The minimum absolute atomic E-state index is 0.0329. The molecule has 606 valence electrons. The molecule has 0 spiro atoms. The molecule has 29 nitrogen and oxygen atoms in total. The molecule has 15 bridgehead atoms. The number of hydrogen-bond acceptors (Lipinski definition) is 23. The van der Waals surface area contributed by atoms with Crippen molar-refractivity contribution in [2.24, 2.45) is 53.1 Å². The molecule has 10 aliphatic rings. The Morgan fingerprint density at radius 2 is 1.30 bits per heavy atom. The van der Waals surface area contributed by atoms with E-state index in [4.69, 9.17) is 52.6 Å². The highest BCUT2D eigenvalue weighted by Gasteiger charge is 2.51. The number of phenols is 3. The number of aliphatic hydroxyl groups is 5. The lowest BCUT2D eigenvalue weighted by molar-refractivity contribution is -0.270. The number of carbonyl (C=O) groups is 9. The predicted molar refractivity (Wildman–Crippen MR) is 411 cm³/mol. The molecular weight excluding hydrogens is 1520 g/mol. The molecule has 0 radical (unpaired) electrons. The number of carbonyl (C=O) groups excluding carboxylic acids is 9. The summed E-state index contributed by atoms with van der Waals surface area (Å²) in [4.78, 5) is 138. The highest BCUT2D eigenvalue weighted by molar-refractivity contribution is 6.32. The lowest BCUT2D eigenvalue weighted by atomic mass is 9.51. The number of amides is 7. The second-order valence-electron chi connectivity index (χ2n) is 31.5. The molecule has 6 aromatic rings. The average molecular weight is 1610 g/mol. The van der Waals surface area contributed by atoms with E-state index < -0.39 is 198 Å². The van der Waals surface area contributed by atoms with Gasteiger partial charge in [-0.25, -0.2) is 4.79 Å². The lowest BCUT2D eigenvalue weighted by Crippen LogP contribution is -2.60. The lowest BCUT2D eigenvalue weighted by Gasteiger charge is -2.54. The number of aromatic hydroxyl groups is 3. The first-order chi connectivity index (χ1) is 54.4. The highest BCUT2D eigenvalue weighted by atomic mass is 35.5. The van der Waals surface area contributed by atoms with Gasteiger partial charge in [0.25, 0.3) is 0 Å². The van der Waals surface area contributed by atoms with Gasteiger partial charge >= 0.3 is 6.03 Å². The van der Waals surface area contributed by atoms with Crippen molar-refractivity contribution in [1.82, 2.24) is 26.6 Å². The van der Waals surface area contributed by atoms with Crippen LogP contribution in [0.2, 0.25) is 10.0 Å². The third-order valence-corrected chi connectivity index (χ3v) is 23.9. The third-order valence-electron chi connectivity index (χ3n) is 23.3. The van der Waals surface area contributed by atoms with Gasteiger partial charge in [0.1, 0.15) is 89.5 Å². The zero-order valence-electron chi connectivity index (χ0n) is 62.9. The number of urea groups is 1. The third kappa shape index (κ3) is 17.7. The first kappa shape index (κ1) is 82.2. The molecular formula is C83H93Cl2N7O22. The molecule has 6 aromatic carbocycles. The average Bonchev–Trinajstić information content (AvgIpc) is 0.759. The van der Waals surface area contributed by atoms with Crippen molar-refractivity contribution in [3.8, 4) is 57.1 Å². The Morgan fingerprint density at radius 1 is 0.658 bits per heavy atom. The smallest absolute Gasteiger partial charge is 0.325 e. The van der Waals surface area contributed by atoms with Crippen molar-refractivity contribution in [2.75, 3.05) is 25.6 Å². The minimum atomic E-state index is -2.20. The molecule has 6 aliphatic heterocycles. The van der Waals surface area contributed by atoms with Crippen LogP contribution in [0.3, 0.4) is 0 Å². The molecule has 16 N–H and O–H groups in total. The van der Waals surface area contributed by atoms with Gasteiger partial charge in [-0.15, -0.1) is 0 Å². The summed E-state index contributed by atoms with van der Waals surface area (Å²) in [5.41, 5.74) is 5.58. The standard InChI is InChI=1S/C83H93Cl2N7O22/c1-5-40(18-36(2)3)78(105)91-70-58(96)27-47(30-66(99)88-83(109)87-48-11-6-37(7-12-48)16-17-110-4)79(106)89-68-46-28-63(111-61-14-9-42(72(70)100)25-54(61)84)77(114-82-76(104)75(103)74(102)65(35-86)113-82)64(29-46)112-62-15-10-43(26-55(62)85)73(101)71-81(108)90-69(60(98)33-50-44-20-38-19-39(22-44)23-45(50)21-38)53-31-49(93)32-57(95)67(53)52-24-41(8-13-56(52)94)51(34-59(68)97)80(107)92-71/h6-15,24-26,28-29,31-32,36,38-40,44-45,47,50-51,65,68-76,82,93-95,100-104H,5,16-23,27,30,33-35,86H2,1-4H3,(H,89,106)(H,90,108)(H,91,105)(H,92,107)(H2,87,88,99,109)/t38?,39?,40-,44?,45?,47+,50?,51-,65-,68-,69+,70+,71+,72-,73-,74-,75+,76-,82+/m1/s1. The molecule has 5 fully saturated rings. The zero-order valence-corrected chi connectivity index (χ0v) is 64.4. The summed E-state index contributed by atoms with van der Waals surface area (Å²) in [5.74, 6) is -15.7. The fourth-order valence-electron chi connectivity index (χ4n) is 17.6. The Bertz CT molecular complexity index is 4690. The molecule has 16 rings (SSSR count). The largest absolute Gasteiger partial charge is 0.508 e. The molecule has 4 saturated carbocycles. The number of ether oxygens (including phenoxy) is 5. The van der Waals surface area contributed by atoms with Gasteiger partial charge in [-0.05, 0) is 187 Å². The number of Topliss-reactive ketones (excluding diaryl/α,β-unsaturated/α-hetero) is 3. The molecule has 0 aromatic heterocycles. The number of nitrogens with one attached hydrogen (secondary N) is 6. The Kier molecular flexibility index (Phi) is 25.0. The molecule has 31 heteroatoms. The molecule has 14 atom stereocenters. The number of halogens is 2. The van der Waals surface area contributed by atoms with Gasteiger partial charge in [0.05, 0.1) is 28.5 Å². The number of aliphatic hydroxyl groups excluding tert-OH is 5. The number of imide groups is 1. The predicted octanol–water partition coefficient (Wildman–Crippen LogP) is 8.25. The molecule has 1 saturated heterocycles. The number of nitrogens with two attached hydrogens (primary N) is 1. The van der Waals surface area contributed by atoms with E-state index in [9.17, 15) is 55.2 Å².